The quantitative estimate of drug-likeness (QED) is 0.692. The van der Waals surface area contributed by atoms with Gasteiger partial charge in [0.25, 0.3) is 0 Å². The molecule has 6 heteroatoms. The highest BCUT2D eigenvalue weighted by Crippen LogP contribution is 2.40. The van der Waals surface area contributed by atoms with Gasteiger partial charge in [-0.15, -0.1) is 0 Å². The molecule has 0 fully saturated rings. The second-order valence-corrected chi connectivity index (χ2v) is 3.05. The number of carbonyl (C=O) groups is 1. The Kier molecular flexibility index (Phi) is 3.57. The van der Waals surface area contributed by atoms with Gasteiger partial charge in [0.15, 0.2) is 11.5 Å². The molecular weight excluding hydrogens is 214 g/mol. The van der Waals surface area contributed by atoms with Gasteiger partial charge in [0, 0.05) is 5.56 Å². The molecule has 0 aliphatic rings. The Morgan fingerprint density at radius 3 is 2.44 bits per heavy atom. The third-order valence-corrected chi connectivity index (χ3v) is 2.15. The lowest BCUT2D eigenvalue weighted by Crippen LogP contribution is -2.21. The molecule has 0 heterocycles. The van der Waals surface area contributed by atoms with Crippen LogP contribution < -0.4 is 15.2 Å². The lowest BCUT2D eigenvalue weighted by molar-refractivity contribution is -0.138. The predicted molar refractivity (Wildman–Crippen MR) is 55.8 cm³/mol. The molecule has 0 unspecified atom stereocenters. The fraction of sp³-hybridized carbons (Fsp3) is 0.300. The van der Waals surface area contributed by atoms with E-state index in [0.717, 1.165) is 0 Å². The van der Waals surface area contributed by atoms with Crippen LogP contribution in [0.15, 0.2) is 12.1 Å². The van der Waals surface area contributed by atoms with E-state index in [9.17, 15) is 9.90 Å². The number of carboxylic acids is 1. The van der Waals surface area contributed by atoms with Crippen LogP contribution in [0.1, 0.15) is 11.6 Å². The number of hydrogen-bond donors (Lipinski definition) is 3. The molecule has 6 nitrogen and oxygen atoms in total. The van der Waals surface area contributed by atoms with Crippen LogP contribution in [0.2, 0.25) is 0 Å². The molecule has 0 spiro atoms. The van der Waals surface area contributed by atoms with Crippen LogP contribution in [-0.4, -0.2) is 30.4 Å². The molecule has 0 aliphatic carbocycles. The topological polar surface area (TPSA) is 102 Å². The van der Waals surface area contributed by atoms with Gasteiger partial charge in [-0.3, -0.25) is 4.79 Å². The predicted octanol–water partition coefficient (Wildman–Crippen LogP) is 0.494. The number of rotatable bonds is 4. The molecule has 4 N–H and O–H groups in total. The Morgan fingerprint density at radius 2 is 2.00 bits per heavy atom. The van der Waals surface area contributed by atoms with E-state index in [-0.39, 0.29) is 22.8 Å². The van der Waals surface area contributed by atoms with Gasteiger partial charge in [-0.25, -0.2) is 0 Å². The molecule has 1 aromatic carbocycles. The summed E-state index contributed by atoms with van der Waals surface area (Å²) in [6.07, 6.45) is 0. The van der Waals surface area contributed by atoms with Crippen molar-refractivity contribution in [2.75, 3.05) is 14.2 Å². The van der Waals surface area contributed by atoms with Crippen LogP contribution in [0.3, 0.4) is 0 Å². The number of methoxy groups -OCH3 is 2. The van der Waals surface area contributed by atoms with Crippen molar-refractivity contribution in [1.82, 2.24) is 0 Å². The van der Waals surface area contributed by atoms with E-state index >= 15 is 0 Å². The Hall–Kier alpha value is -1.95. The summed E-state index contributed by atoms with van der Waals surface area (Å²) in [5.74, 6) is -1.27. The number of carboxylic acid groups (broad SMARTS) is 1. The standard InChI is InChI=1S/C10H13NO5/c1-15-6-4-3-5(7(11)10(13)14)9(16-2)8(6)12/h3-4,7,12H,11H2,1-2H3,(H,13,14)/t7-/m0/s1. The zero-order valence-corrected chi connectivity index (χ0v) is 8.93. The highest BCUT2D eigenvalue weighted by atomic mass is 16.5. The van der Waals surface area contributed by atoms with Crippen molar-refractivity contribution in [2.45, 2.75) is 6.04 Å². The maximum Gasteiger partial charge on any atom is 0.325 e. The van der Waals surface area contributed by atoms with E-state index in [1.54, 1.807) is 0 Å². The number of aromatic hydroxyl groups is 1. The Balaban J connectivity index is 3.31. The Morgan fingerprint density at radius 1 is 1.38 bits per heavy atom. The van der Waals surface area contributed by atoms with Gasteiger partial charge in [-0.2, -0.15) is 0 Å². The Bertz CT molecular complexity index is 404. The number of benzene rings is 1. The van der Waals surface area contributed by atoms with Crippen molar-refractivity contribution in [2.24, 2.45) is 5.73 Å². The minimum absolute atomic E-state index is 0.00856. The zero-order chi connectivity index (χ0) is 12.3. The van der Waals surface area contributed by atoms with E-state index in [0.29, 0.717) is 0 Å². The van der Waals surface area contributed by atoms with E-state index in [2.05, 4.69) is 0 Å². The largest absolute Gasteiger partial charge is 0.502 e. The number of aliphatic carboxylic acids is 1. The first-order chi connectivity index (χ1) is 7.52. The summed E-state index contributed by atoms with van der Waals surface area (Å²) in [6.45, 7) is 0. The summed E-state index contributed by atoms with van der Waals surface area (Å²) in [5, 5.41) is 18.5. The van der Waals surface area contributed by atoms with E-state index in [4.69, 9.17) is 20.3 Å². The fourth-order valence-corrected chi connectivity index (χ4v) is 1.33. The second kappa shape index (κ2) is 4.71. The van der Waals surface area contributed by atoms with Gasteiger partial charge in [0.2, 0.25) is 5.75 Å². The van der Waals surface area contributed by atoms with Crippen molar-refractivity contribution in [1.29, 1.82) is 0 Å². The van der Waals surface area contributed by atoms with Crippen LogP contribution >= 0.6 is 0 Å². The van der Waals surface area contributed by atoms with Crippen molar-refractivity contribution in [3.63, 3.8) is 0 Å². The average molecular weight is 227 g/mol. The number of phenolic OH excluding ortho intramolecular Hbond substituents is 1. The van der Waals surface area contributed by atoms with E-state index < -0.39 is 12.0 Å². The van der Waals surface area contributed by atoms with Crippen LogP contribution in [0.4, 0.5) is 0 Å². The molecule has 1 aromatic rings. The molecule has 0 bridgehead atoms. The van der Waals surface area contributed by atoms with Crippen molar-refractivity contribution < 1.29 is 24.5 Å². The first kappa shape index (κ1) is 12.1. The highest BCUT2D eigenvalue weighted by molar-refractivity contribution is 5.77. The van der Waals surface area contributed by atoms with Gasteiger partial charge < -0.3 is 25.4 Å². The van der Waals surface area contributed by atoms with Gasteiger partial charge in [-0.1, -0.05) is 0 Å². The van der Waals surface area contributed by atoms with Gasteiger partial charge in [0.05, 0.1) is 14.2 Å². The second-order valence-electron chi connectivity index (χ2n) is 3.05. The average Bonchev–Trinajstić information content (AvgIpc) is 2.27. The number of nitrogens with two attached hydrogens (primary N) is 1. The van der Waals surface area contributed by atoms with Gasteiger partial charge in [-0.05, 0) is 12.1 Å². The molecule has 16 heavy (non-hydrogen) atoms. The van der Waals surface area contributed by atoms with Crippen LogP contribution in [-0.2, 0) is 4.79 Å². The van der Waals surface area contributed by atoms with Crippen LogP contribution in [0.25, 0.3) is 0 Å². The first-order valence-electron chi connectivity index (χ1n) is 4.45. The minimum Gasteiger partial charge on any atom is -0.502 e. The molecule has 88 valence electrons. The smallest absolute Gasteiger partial charge is 0.325 e. The Labute approximate surface area is 92.2 Å². The van der Waals surface area contributed by atoms with E-state index in [1.165, 1.54) is 26.4 Å². The summed E-state index contributed by atoms with van der Waals surface area (Å²) >= 11 is 0. The molecule has 0 amide bonds. The first-order valence-corrected chi connectivity index (χ1v) is 4.45. The van der Waals surface area contributed by atoms with Crippen LogP contribution in [0.5, 0.6) is 17.2 Å². The van der Waals surface area contributed by atoms with E-state index in [1.807, 2.05) is 0 Å². The van der Waals surface area contributed by atoms with Gasteiger partial charge in [0.1, 0.15) is 6.04 Å². The van der Waals surface area contributed by atoms with Crippen molar-refractivity contribution in [3.05, 3.63) is 17.7 Å². The number of phenols is 1. The molecule has 1 atom stereocenters. The SMILES string of the molecule is COc1ccc([C@H](N)C(=O)O)c(OC)c1O. The molecule has 0 radical (unpaired) electrons. The van der Waals surface area contributed by atoms with Crippen molar-refractivity contribution in [3.8, 4) is 17.2 Å². The maximum atomic E-state index is 10.7. The molecular formula is C10H13NO5. The molecule has 0 saturated carbocycles. The van der Waals surface area contributed by atoms with Crippen LogP contribution in [0, 0.1) is 0 Å². The van der Waals surface area contributed by atoms with Crippen molar-refractivity contribution >= 4 is 5.97 Å². The lowest BCUT2D eigenvalue weighted by Gasteiger charge is -2.15. The third kappa shape index (κ3) is 2.01. The third-order valence-electron chi connectivity index (χ3n) is 2.15. The molecule has 0 aliphatic heterocycles. The summed E-state index contributed by atoms with van der Waals surface area (Å²) in [6, 6.07) is 1.61. The molecule has 0 aromatic heterocycles. The van der Waals surface area contributed by atoms with Gasteiger partial charge >= 0.3 is 5.97 Å². The number of hydrogen-bond acceptors (Lipinski definition) is 5. The summed E-state index contributed by atoms with van der Waals surface area (Å²) in [4.78, 5) is 10.7. The monoisotopic (exact) mass is 227 g/mol. The number of ether oxygens (including phenoxy) is 2. The lowest BCUT2D eigenvalue weighted by atomic mass is 10.1. The normalized spacial score (nSPS) is 11.9. The summed E-state index contributed by atoms with van der Waals surface area (Å²) in [5.41, 5.74) is 5.63. The summed E-state index contributed by atoms with van der Waals surface area (Å²) < 4.78 is 9.78. The molecule has 1 rings (SSSR count). The highest BCUT2D eigenvalue weighted by Gasteiger charge is 2.23. The zero-order valence-electron chi connectivity index (χ0n) is 8.93. The minimum atomic E-state index is -1.26. The molecule has 0 saturated heterocycles. The fourth-order valence-electron chi connectivity index (χ4n) is 1.33. The maximum absolute atomic E-state index is 10.7. The summed E-state index contributed by atoms with van der Waals surface area (Å²) in [7, 11) is 2.69.